The third kappa shape index (κ3) is 4.06. The molecule has 1 atom stereocenters. The van der Waals surface area contributed by atoms with Gasteiger partial charge in [0.1, 0.15) is 5.75 Å². The Balaban J connectivity index is 1.76. The van der Waals surface area contributed by atoms with Crippen molar-refractivity contribution in [2.45, 2.75) is 32.4 Å². The smallest absolute Gasteiger partial charge is 0.290 e. The van der Waals surface area contributed by atoms with Gasteiger partial charge < -0.3 is 14.7 Å². The van der Waals surface area contributed by atoms with E-state index < -0.39 is 0 Å². The molecule has 4 rings (SSSR count). The van der Waals surface area contributed by atoms with Crippen molar-refractivity contribution < 1.29 is 14.6 Å². The first-order chi connectivity index (χ1) is 15.0. The Morgan fingerprint density at radius 1 is 0.935 bits per heavy atom. The lowest BCUT2D eigenvalue weighted by atomic mass is 9.91. The lowest BCUT2D eigenvalue weighted by Crippen LogP contribution is -2.29. The minimum absolute atomic E-state index is 0.183. The van der Waals surface area contributed by atoms with Crippen LogP contribution in [0, 0.1) is 0 Å². The number of ether oxygens (including phenoxy) is 1. The number of carbonyl (C=O) groups is 1. The van der Waals surface area contributed by atoms with Crippen molar-refractivity contribution in [1.82, 2.24) is 4.90 Å². The summed E-state index contributed by atoms with van der Waals surface area (Å²) in [5.74, 6) is 0.653. The average molecular weight is 414 g/mol. The van der Waals surface area contributed by atoms with Crippen molar-refractivity contribution in [2.75, 3.05) is 7.11 Å². The van der Waals surface area contributed by atoms with Gasteiger partial charge in [-0.15, -0.1) is 0 Å². The maximum Gasteiger partial charge on any atom is 0.290 e. The van der Waals surface area contributed by atoms with Gasteiger partial charge in [-0.05, 0) is 40.3 Å². The number of carbonyl (C=O) groups excluding carboxylic acids is 1. The highest BCUT2D eigenvalue weighted by atomic mass is 16.5. The Bertz CT molecular complexity index is 1080. The van der Waals surface area contributed by atoms with Crippen molar-refractivity contribution in [2.24, 2.45) is 0 Å². The van der Waals surface area contributed by atoms with Gasteiger partial charge in [-0.1, -0.05) is 80.6 Å². The second kappa shape index (κ2) is 8.68. The number of methoxy groups -OCH3 is 1. The fraction of sp³-hybridized carbons (Fsp3) is 0.222. The topological polar surface area (TPSA) is 49.8 Å². The van der Waals surface area contributed by atoms with Gasteiger partial charge in [-0.2, -0.15) is 0 Å². The summed E-state index contributed by atoms with van der Waals surface area (Å²) in [7, 11) is 1.63. The molecular formula is C27H27NO3. The molecule has 1 aliphatic rings. The Morgan fingerprint density at radius 2 is 1.58 bits per heavy atom. The summed E-state index contributed by atoms with van der Waals surface area (Å²) in [6.07, 6.45) is 0. The molecule has 0 saturated heterocycles. The highest BCUT2D eigenvalue weighted by molar-refractivity contribution is 6.05. The molecule has 0 aromatic heterocycles. The molecule has 158 valence electrons. The number of rotatable bonds is 6. The predicted molar refractivity (Wildman–Crippen MR) is 123 cm³/mol. The molecule has 3 aromatic carbocycles. The van der Waals surface area contributed by atoms with Gasteiger partial charge >= 0.3 is 0 Å². The quantitative estimate of drug-likeness (QED) is 0.550. The molecule has 1 amide bonds. The number of aliphatic hydroxyl groups is 1. The average Bonchev–Trinajstić information content (AvgIpc) is 3.05. The van der Waals surface area contributed by atoms with Crippen molar-refractivity contribution in [3.05, 3.63) is 107 Å². The maximum atomic E-state index is 13.2. The van der Waals surface area contributed by atoms with Crippen LogP contribution in [-0.2, 0) is 11.3 Å². The molecule has 0 unspecified atom stereocenters. The fourth-order valence-electron chi connectivity index (χ4n) is 4.07. The molecule has 4 heteroatoms. The number of amides is 1. The summed E-state index contributed by atoms with van der Waals surface area (Å²) >= 11 is 0. The third-order valence-corrected chi connectivity index (χ3v) is 5.82. The van der Waals surface area contributed by atoms with Gasteiger partial charge in [0.25, 0.3) is 5.91 Å². The zero-order chi connectivity index (χ0) is 22.0. The minimum atomic E-state index is -0.363. The molecule has 0 spiro atoms. The van der Waals surface area contributed by atoms with Crippen LogP contribution in [0.25, 0.3) is 5.57 Å². The molecule has 31 heavy (non-hydrogen) atoms. The molecule has 3 aromatic rings. The van der Waals surface area contributed by atoms with Crippen molar-refractivity contribution in [3.8, 4) is 5.75 Å². The zero-order valence-electron chi connectivity index (χ0n) is 18.1. The summed E-state index contributed by atoms with van der Waals surface area (Å²) in [5.41, 5.74) is 4.69. The predicted octanol–water partition coefficient (Wildman–Crippen LogP) is 5.87. The number of nitrogens with zero attached hydrogens (tertiary/aromatic N) is 1. The van der Waals surface area contributed by atoms with Crippen LogP contribution in [0.3, 0.4) is 0 Å². The Hall–Kier alpha value is -3.53. The van der Waals surface area contributed by atoms with Crippen molar-refractivity contribution in [3.63, 3.8) is 0 Å². The molecule has 0 fully saturated rings. The van der Waals surface area contributed by atoms with Crippen LogP contribution in [0.2, 0.25) is 0 Å². The first-order valence-electron chi connectivity index (χ1n) is 10.5. The van der Waals surface area contributed by atoms with E-state index in [4.69, 9.17) is 4.74 Å². The SMILES string of the molecule is COc1ccc(CN2C(=O)C(O)=C(c3ccccc3)[C@@H]2c2ccc(C(C)C)cc2)cc1. The standard InChI is InChI=1S/C27H27NO3/c1-18(2)20-11-13-22(14-12-20)25-24(21-7-5-4-6-8-21)26(29)27(30)28(25)17-19-9-15-23(31-3)16-10-19/h4-16,18,25,29H,17H2,1-3H3/t25-/m0/s1. The van der Waals surface area contributed by atoms with E-state index in [2.05, 4.69) is 38.1 Å². The van der Waals surface area contributed by atoms with E-state index in [9.17, 15) is 9.90 Å². The van der Waals surface area contributed by atoms with Gasteiger partial charge in [0, 0.05) is 12.1 Å². The lowest BCUT2D eigenvalue weighted by Gasteiger charge is -2.28. The van der Waals surface area contributed by atoms with Gasteiger partial charge in [0.15, 0.2) is 5.76 Å². The number of hydrogen-bond donors (Lipinski definition) is 1. The summed E-state index contributed by atoms with van der Waals surface area (Å²) in [4.78, 5) is 14.9. The fourth-order valence-corrected chi connectivity index (χ4v) is 4.07. The third-order valence-electron chi connectivity index (χ3n) is 5.82. The number of hydrogen-bond acceptors (Lipinski definition) is 3. The lowest BCUT2D eigenvalue weighted by molar-refractivity contribution is -0.130. The van der Waals surface area contributed by atoms with E-state index in [0.717, 1.165) is 22.4 Å². The van der Waals surface area contributed by atoms with E-state index in [1.807, 2.05) is 54.6 Å². The second-order valence-corrected chi connectivity index (χ2v) is 8.13. The molecule has 0 radical (unpaired) electrons. The second-order valence-electron chi connectivity index (χ2n) is 8.13. The molecule has 1 heterocycles. The summed E-state index contributed by atoms with van der Waals surface area (Å²) < 4.78 is 5.24. The zero-order valence-corrected chi connectivity index (χ0v) is 18.1. The highest BCUT2D eigenvalue weighted by Gasteiger charge is 2.40. The van der Waals surface area contributed by atoms with Crippen LogP contribution in [0.1, 0.15) is 48.1 Å². The Kier molecular flexibility index (Phi) is 5.81. The molecule has 0 saturated carbocycles. The molecule has 1 N–H and O–H groups in total. The summed E-state index contributed by atoms with van der Waals surface area (Å²) in [5, 5.41) is 10.9. The normalized spacial score (nSPS) is 16.3. The largest absolute Gasteiger partial charge is 0.503 e. The molecule has 0 bridgehead atoms. The summed E-state index contributed by atoms with van der Waals surface area (Å²) in [6, 6.07) is 25.3. The van der Waals surface area contributed by atoms with E-state index >= 15 is 0 Å². The van der Waals surface area contributed by atoms with Crippen molar-refractivity contribution in [1.29, 1.82) is 0 Å². The first-order valence-corrected chi connectivity index (χ1v) is 10.5. The first kappa shape index (κ1) is 20.7. The van der Waals surface area contributed by atoms with Gasteiger partial charge in [0.2, 0.25) is 0 Å². The minimum Gasteiger partial charge on any atom is -0.503 e. The van der Waals surface area contributed by atoms with Crippen LogP contribution >= 0.6 is 0 Å². The Labute approximate surface area is 183 Å². The number of benzene rings is 3. The van der Waals surface area contributed by atoms with Crippen LogP contribution in [-0.4, -0.2) is 23.0 Å². The van der Waals surface area contributed by atoms with Crippen LogP contribution in [0.5, 0.6) is 5.75 Å². The van der Waals surface area contributed by atoms with E-state index in [1.165, 1.54) is 5.56 Å². The molecule has 0 aliphatic carbocycles. The van der Waals surface area contributed by atoms with Gasteiger partial charge in [-0.3, -0.25) is 4.79 Å². The van der Waals surface area contributed by atoms with Crippen LogP contribution < -0.4 is 4.74 Å². The van der Waals surface area contributed by atoms with E-state index in [0.29, 0.717) is 18.0 Å². The monoisotopic (exact) mass is 413 g/mol. The van der Waals surface area contributed by atoms with Crippen molar-refractivity contribution >= 4 is 11.5 Å². The van der Waals surface area contributed by atoms with Gasteiger partial charge in [-0.25, -0.2) is 0 Å². The van der Waals surface area contributed by atoms with Crippen LogP contribution in [0.15, 0.2) is 84.6 Å². The molecular weight excluding hydrogens is 386 g/mol. The highest BCUT2D eigenvalue weighted by Crippen LogP contribution is 2.43. The molecule has 4 nitrogen and oxygen atoms in total. The molecule has 1 aliphatic heterocycles. The summed E-state index contributed by atoms with van der Waals surface area (Å²) in [6.45, 7) is 4.70. The number of aliphatic hydroxyl groups excluding tert-OH is 1. The van der Waals surface area contributed by atoms with E-state index in [-0.39, 0.29) is 17.7 Å². The van der Waals surface area contributed by atoms with Gasteiger partial charge in [0.05, 0.1) is 13.2 Å². The maximum absolute atomic E-state index is 13.2. The van der Waals surface area contributed by atoms with Crippen LogP contribution in [0.4, 0.5) is 0 Å². The Morgan fingerprint density at radius 3 is 2.16 bits per heavy atom. The van der Waals surface area contributed by atoms with E-state index in [1.54, 1.807) is 12.0 Å².